The van der Waals surface area contributed by atoms with Crippen LogP contribution in [0.25, 0.3) is 0 Å². The predicted octanol–water partition coefficient (Wildman–Crippen LogP) is -1.70. The minimum atomic E-state index is -1.50. The van der Waals surface area contributed by atoms with E-state index in [9.17, 15) is 24.9 Å². The summed E-state index contributed by atoms with van der Waals surface area (Å²) >= 11 is 2.96. The lowest BCUT2D eigenvalue weighted by Crippen LogP contribution is -2.56. The number of aliphatic hydroxyl groups excluding tert-OH is 3. The van der Waals surface area contributed by atoms with Crippen molar-refractivity contribution in [3.05, 3.63) is 31.5 Å². The van der Waals surface area contributed by atoms with E-state index in [4.69, 9.17) is 4.74 Å². The largest absolute Gasteiger partial charge is 0.388 e. The van der Waals surface area contributed by atoms with Crippen LogP contribution in [0.1, 0.15) is 13.2 Å². The van der Waals surface area contributed by atoms with Gasteiger partial charge in [0.1, 0.15) is 18.3 Å². The quantitative estimate of drug-likeness (QED) is 0.484. The fraction of sp³-hybridized carbons (Fsp3) is 0.600. The zero-order chi connectivity index (χ0) is 14.3. The molecule has 9 heteroatoms. The molecule has 1 aromatic rings. The molecule has 0 spiro atoms. The Morgan fingerprint density at radius 1 is 1.26 bits per heavy atom. The van der Waals surface area contributed by atoms with Gasteiger partial charge in [0.15, 0.2) is 6.23 Å². The summed E-state index contributed by atoms with van der Waals surface area (Å²) in [6.45, 7) is 1.50. The van der Waals surface area contributed by atoms with Crippen molar-refractivity contribution in [1.29, 1.82) is 0 Å². The predicted molar refractivity (Wildman–Crippen MR) is 66.6 cm³/mol. The van der Waals surface area contributed by atoms with Gasteiger partial charge in [0.2, 0.25) is 0 Å². The monoisotopic (exact) mass is 336 g/mol. The molecule has 19 heavy (non-hydrogen) atoms. The van der Waals surface area contributed by atoms with Gasteiger partial charge in [-0.1, -0.05) is 0 Å². The Bertz CT molecular complexity index is 584. The topological polar surface area (TPSA) is 125 Å². The van der Waals surface area contributed by atoms with Crippen molar-refractivity contribution < 1.29 is 20.1 Å². The Morgan fingerprint density at radius 2 is 1.89 bits per heavy atom. The number of aromatic amines is 1. The van der Waals surface area contributed by atoms with Gasteiger partial charge in [-0.15, -0.1) is 0 Å². The second-order valence-electron chi connectivity index (χ2n) is 4.35. The van der Waals surface area contributed by atoms with E-state index in [-0.39, 0.29) is 4.47 Å². The number of nitrogens with zero attached hydrogens (tertiary/aromatic N) is 1. The van der Waals surface area contributed by atoms with E-state index in [0.717, 1.165) is 10.8 Å². The van der Waals surface area contributed by atoms with Gasteiger partial charge in [-0.05, 0) is 22.9 Å². The first kappa shape index (κ1) is 14.4. The van der Waals surface area contributed by atoms with Crippen LogP contribution < -0.4 is 11.2 Å². The molecule has 4 N–H and O–H groups in total. The molecule has 0 amide bonds. The van der Waals surface area contributed by atoms with Gasteiger partial charge in [0.05, 0.1) is 10.6 Å². The molecule has 1 aliphatic heterocycles. The molecule has 1 aliphatic rings. The number of hydrogen-bond donors (Lipinski definition) is 4. The maximum atomic E-state index is 11.7. The van der Waals surface area contributed by atoms with Crippen LogP contribution in [-0.4, -0.2) is 49.3 Å². The first-order valence-electron chi connectivity index (χ1n) is 5.53. The molecule has 2 rings (SSSR count). The van der Waals surface area contributed by atoms with Crippen LogP contribution in [0.5, 0.6) is 0 Å². The minimum Gasteiger partial charge on any atom is -0.388 e. The lowest BCUT2D eigenvalue weighted by atomic mass is 9.99. The van der Waals surface area contributed by atoms with Crippen molar-refractivity contribution in [2.45, 2.75) is 37.6 Å². The van der Waals surface area contributed by atoms with Gasteiger partial charge in [0.25, 0.3) is 5.56 Å². The van der Waals surface area contributed by atoms with E-state index in [1.807, 2.05) is 4.98 Å². The molecule has 1 saturated heterocycles. The van der Waals surface area contributed by atoms with Gasteiger partial charge >= 0.3 is 5.69 Å². The molecule has 106 valence electrons. The number of hydrogen-bond acceptors (Lipinski definition) is 6. The summed E-state index contributed by atoms with van der Waals surface area (Å²) in [5, 5.41) is 29.1. The summed E-state index contributed by atoms with van der Waals surface area (Å²) in [4.78, 5) is 24.9. The zero-order valence-corrected chi connectivity index (χ0v) is 11.4. The lowest BCUT2D eigenvalue weighted by molar-refractivity contribution is -0.241. The van der Waals surface area contributed by atoms with E-state index in [1.54, 1.807) is 0 Å². The van der Waals surface area contributed by atoms with Crippen LogP contribution >= 0.6 is 15.9 Å². The standard InChI is InChI=1S/C10H13BrN2O6/c1-3-5(14)6(15)7(16)9(19-3)13-2-4(11)8(17)12-10(13)18/h2-3,5-7,9,14-16H,1H3,(H,12,17,18). The van der Waals surface area contributed by atoms with E-state index >= 15 is 0 Å². The Balaban J connectivity index is 2.44. The highest BCUT2D eigenvalue weighted by atomic mass is 79.9. The minimum absolute atomic E-state index is 0.0798. The maximum absolute atomic E-state index is 11.7. The van der Waals surface area contributed by atoms with Gasteiger partial charge in [-0.2, -0.15) is 0 Å². The van der Waals surface area contributed by atoms with E-state index in [0.29, 0.717) is 0 Å². The molecule has 5 atom stereocenters. The number of H-pyrrole nitrogens is 1. The Labute approximate surface area is 115 Å². The molecule has 0 saturated carbocycles. The van der Waals surface area contributed by atoms with Crippen molar-refractivity contribution in [3.8, 4) is 0 Å². The van der Waals surface area contributed by atoms with Crippen molar-refractivity contribution in [1.82, 2.24) is 9.55 Å². The molecular weight excluding hydrogens is 324 g/mol. The summed E-state index contributed by atoms with van der Waals surface area (Å²) < 4.78 is 6.33. The first-order valence-corrected chi connectivity index (χ1v) is 6.33. The summed E-state index contributed by atoms with van der Waals surface area (Å²) in [6.07, 6.45) is -5.03. The van der Waals surface area contributed by atoms with Gasteiger partial charge in [-0.25, -0.2) is 4.79 Å². The van der Waals surface area contributed by atoms with E-state index < -0.39 is 41.9 Å². The summed E-state index contributed by atoms with van der Waals surface area (Å²) in [6, 6.07) is 0. The fourth-order valence-electron chi connectivity index (χ4n) is 1.91. The third-order valence-electron chi connectivity index (χ3n) is 3.03. The number of aliphatic hydroxyl groups is 3. The highest BCUT2D eigenvalue weighted by Crippen LogP contribution is 2.27. The smallest absolute Gasteiger partial charge is 0.330 e. The van der Waals surface area contributed by atoms with E-state index in [1.165, 1.54) is 6.92 Å². The second kappa shape index (κ2) is 5.17. The highest BCUT2D eigenvalue weighted by molar-refractivity contribution is 9.10. The molecule has 5 unspecified atom stereocenters. The lowest BCUT2D eigenvalue weighted by Gasteiger charge is -2.39. The number of rotatable bonds is 1. The average Bonchev–Trinajstić information content (AvgIpc) is 2.36. The summed E-state index contributed by atoms with van der Waals surface area (Å²) in [7, 11) is 0. The van der Waals surface area contributed by atoms with Crippen LogP contribution in [0.2, 0.25) is 0 Å². The zero-order valence-electron chi connectivity index (χ0n) is 9.86. The SMILES string of the molecule is CC1OC(n2cc(Br)c(=O)[nH]c2=O)C(O)C(O)C1O. The number of ether oxygens (including phenoxy) is 1. The van der Waals surface area contributed by atoms with E-state index in [2.05, 4.69) is 15.9 Å². The number of halogens is 1. The van der Waals surface area contributed by atoms with Crippen molar-refractivity contribution in [2.24, 2.45) is 0 Å². The molecule has 0 aromatic carbocycles. The van der Waals surface area contributed by atoms with Crippen molar-refractivity contribution in [2.75, 3.05) is 0 Å². The summed E-state index contributed by atoms with van der Waals surface area (Å²) in [5.74, 6) is 0. The third kappa shape index (κ3) is 2.51. The van der Waals surface area contributed by atoms with Crippen molar-refractivity contribution in [3.63, 3.8) is 0 Å². The average molecular weight is 337 g/mol. The third-order valence-corrected chi connectivity index (χ3v) is 3.59. The van der Waals surface area contributed by atoms with Gasteiger partial charge < -0.3 is 20.1 Å². The molecule has 0 aliphatic carbocycles. The van der Waals surface area contributed by atoms with Crippen molar-refractivity contribution >= 4 is 15.9 Å². The highest BCUT2D eigenvalue weighted by Gasteiger charge is 2.43. The van der Waals surface area contributed by atoms with Crippen LogP contribution in [0.4, 0.5) is 0 Å². The summed E-state index contributed by atoms with van der Waals surface area (Å²) in [5.41, 5.74) is -1.40. The van der Waals surface area contributed by atoms with Crippen LogP contribution in [0, 0.1) is 0 Å². The van der Waals surface area contributed by atoms with Crippen LogP contribution in [0.3, 0.4) is 0 Å². The first-order chi connectivity index (χ1) is 8.82. The van der Waals surface area contributed by atoms with Crippen LogP contribution in [0.15, 0.2) is 20.3 Å². The number of nitrogens with one attached hydrogen (secondary N) is 1. The number of aromatic nitrogens is 2. The van der Waals surface area contributed by atoms with Gasteiger partial charge in [-0.3, -0.25) is 14.3 Å². The molecular formula is C10H13BrN2O6. The molecule has 1 aromatic heterocycles. The Hall–Kier alpha value is -1.00. The second-order valence-corrected chi connectivity index (χ2v) is 5.20. The molecule has 1 fully saturated rings. The Morgan fingerprint density at radius 3 is 2.53 bits per heavy atom. The molecule has 0 bridgehead atoms. The molecule has 2 heterocycles. The maximum Gasteiger partial charge on any atom is 0.330 e. The Kier molecular flexibility index (Phi) is 3.92. The van der Waals surface area contributed by atoms with Gasteiger partial charge in [0, 0.05) is 6.20 Å². The fourth-order valence-corrected chi connectivity index (χ4v) is 2.23. The molecule has 0 radical (unpaired) electrons. The molecule has 8 nitrogen and oxygen atoms in total. The normalized spacial score (nSPS) is 35.3. The van der Waals surface area contributed by atoms with Crippen LogP contribution in [-0.2, 0) is 4.74 Å².